The summed E-state index contributed by atoms with van der Waals surface area (Å²) in [6.07, 6.45) is -11.2. The second-order valence-corrected chi connectivity index (χ2v) is 3.77. The van der Waals surface area contributed by atoms with Crippen molar-refractivity contribution in [1.82, 2.24) is 10.1 Å². The van der Waals surface area contributed by atoms with Crippen LogP contribution in [0.3, 0.4) is 0 Å². The number of aromatic nitrogens is 2. The quantitative estimate of drug-likeness (QED) is 0.845. The molecule has 0 aliphatic heterocycles. The Labute approximate surface area is 109 Å². The van der Waals surface area contributed by atoms with Crippen molar-refractivity contribution >= 4 is 0 Å². The number of nitrogens with two attached hydrogens (primary N) is 1. The fraction of sp³-hybridized carbons (Fsp3) is 0.778. The van der Waals surface area contributed by atoms with Crippen LogP contribution in [0.2, 0.25) is 0 Å². The first-order chi connectivity index (χ1) is 9.07. The summed E-state index contributed by atoms with van der Waals surface area (Å²) in [5.41, 5.74) is 5.44. The Balaban J connectivity index is 2.98. The van der Waals surface area contributed by atoms with Crippen molar-refractivity contribution in [3.63, 3.8) is 0 Å². The molecule has 1 unspecified atom stereocenters. The molecule has 2 N–H and O–H groups in total. The van der Waals surface area contributed by atoms with Gasteiger partial charge in [0.05, 0.1) is 12.6 Å². The molecule has 20 heavy (non-hydrogen) atoms. The molecular formula is C9H11F6N3O2. The van der Waals surface area contributed by atoms with Crippen LogP contribution in [0.4, 0.5) is 26.3 Å². The summed E-state index contributed by atoms with van der Waals surface area (Å²) in [6, 6.07) is -1.07. The standard InChI is InChI=1S/C9H11F6N3O2/c1-2-19-3-4(16)6-17-7(20-18-6)5(8(10,11)12)9(13,14)15/h4-5H,2-3,16H2,1H3. The number of halogens is 6. The third-order valence-corrected chi connectivity index (χ3v) is 2.19. The Morgan fingerprint density at radius 3 is 2.20 bits per heavy atom. The van der Waals surface area contributed by atoms with Gasteiger partial charge in [-0.05, 0) is 6.92 Å². The van der Waals surface area contributed by atoms with Crippen molar-refractivity contribution in [3.8, 4) is 0 Å². The maximum Gasteiger partial charge on any atom is 0.409 e. The Kier molecular flexibility index (Phi) is 4.97. The van der Waals surface area contributed by atoms with Crippen LogP contribution in [0.25, 0.3) is 0 Å². The van der Waals surface area contributed by atoms with E-state index in [9.17, 15) is 26.3 Å². The van der Waals surface area contributed by atoms with Gasteiger partial charge in [0, 0.05) is 6.61 Å². The zero-order valence-electron chi connectivity index (χ0n) is 10.1. The van der Waals surface area contributed by atoms with E-state index in [2.05, 4.69) is 14.7 Å². The highest BCUT2D eigenvalue weighted by Gasteiger charge is 2.60. The molecule has 1 atom stereocenters. The maximum absolute atomic E-state index is 12.4. The molecule has 1 aromatic heterocycles. The zero-order valence-corrected chi connectivity index (χ0v) is 10.1. The Morgan fingerprint density at radius 1 is 1.20 bits per heavy atom. The molecule has 0 saturated carbocycles. The Bertz CT molecular complexity index is 416. The lowest BCUT2D eigenvalue weighted by Crippen LogP contribution is -2.34. The number of alkyl halides is 6. The first-order valence-electron chi connectivity index (χ1n) is 5.37. The van der Waals surface area contributed by atoms with Crippen LogP contribution < -0.4 is 5.73 Å². The number of rotatable bonds is 5. The van der Waals surface area contributed by atoms with Crippen LogP contribution in [0.5, 0.6) is 0 Å². The molecule has 0 spiro atoms. The van der Waals surface area contributed by atoms with Crippen molar-refractivity contribution in [1.29, 1.82) is 0 Å². The van der Waals surface area contributed by atoms with Gasteiger partial charge in [-0.1, -0.05) is 5.16 Å². The lowest BCUT2D eigenvalue weighted by atomic mass is 10.1. The highest BCUT2D eigenvalue weighted by molar-refractivity contribution is 5.03. The lowest BCUT2D eigenvalue weighted by Gasteiger charge is -2.19. The van der Waals surface area contributed by atoms with Crippen LogP contribution >= 0.6 is 0 Å². The minimum atomic E-state index is -5.59. The van der Waals surface area contributed by atoms with E-state index < -0.39 is 36.0 Å². The lowest BCUT2D eigenvalue weighted by molar-refractivity contribution is -0.259. The summed E-state index contributed by atoms with van der Waals surface area (Å²) < 4.78 is 83.4. The normalized spacial score (nSPS) is 14.8. The monoisotopic (exact) mass is 307 g/mol. The van der Waals surface area contributed by atoms with Gasteiger partial charge in [0.15, 0.2) is 5.82 Å². The summed E-state index contributed by atoms with van der Waals surface area (Å²) in [5.74, 6) is -5.91. The van der Waals surface area contributed by atoms with Gasteiger partial charge in [-0.25, -0.2) is 0 Å². The number of hydrogen-bond acceptors (Lipinski definition) is 5. The molecule has 5 nitrogen and oxygen atoms in total. The van der Waals surface area contributed by atoms with Crippen LogP contribution in [-0.2, 0) is 4.74 Å². The second kappa shape index (κ2) is 5.95. The van der Waals surface area contributed by atoms with E-state index in [1.165, 1.54) is 0 Å². The summed E-state index contributed by atoms with van der Waals surface area (Å²) in [7, 11) is 0. The van der Waals surface area contributed by atoms with Crippen molar-refractivity contribution in [2.45, 2.75) is 31.2 Å². The topological polar surface area (TPSA) is 74.2 Å². The predicted molar refractivity (Wildman–Crippen MR) is 52.6 cm³/mol. The molecule has 1 rings (SSSR count). The van der Waals surface area contributed by atoms with Gasteiger partial charge < -0.3 is 15.0 Å². The molecule has 1 heterocycles. The molecule has 0 amide bonds. The van der Waals surface area contributed by atoms with Crippen molar-refractivity contribution in [2.24, 2.45) is 5.73 Å². The summed E-state index contributed by atoms with van der Waals surface area (Å²) in [6.45, 7) is 1.75. The minimum Gasteiger partial charge on any atom is -0.380 e. The van der Waals surface area contributed by atoms with Gasteiger partial charge in [0.1, 0.15) is 0 Å². The molecule has 0 aliphatic carbocycles. The first-order valence-corrected chi connectivity index (χ1v) is 5.37. The minimum absolute atomic E-state index is 0.155. The predicted octanol–water partition coefficient (Wildman–Crippen LogP) is 2.31. The molecule has 0 fully saturated rings. The van der Waals surface area contributed by atoms with Gasteiger partial charge in [0.25, 0.3) is 0 Å². The van der Waals surface area contributed by atoms with Crippen LogP contribution in [0.15, 0.2) is 4.52 Å². The summed E-state index contributed by atoms with van der Waals surface area (Å²) >= 11 is 0. The van der Waals surface area contributed by atoms with Crippen molar-refractivity contribution < 1.29 is 35.6 Å². The third kappa shape index (κ3) is 4.07. The molecular weight excluding hydrogens is 296 g/mol. The van der Waals surface area contributed by atoms with Crippen LogP contribution in [0.1, 0.15) is 30.6 Å². The average Bonchev–Trinajstić information content (AvgIpc) is 2.70. The molecule has 0 radical (unpaired) electrons. The zero-order chi connectivity index (χ0) is 15.6. The Morgan fingerprint density at radius 2 is 1.75 bits per heavy atom. The molecule has 0 aliphatic rings. The van der Waals surface area contributed by atoms with E-state index in [0.717, 1.165) is 0 Å². The Hall–Kier alpha value is -1.36. The highest BCUT2D eigenvalue weighted by atomic mass is 19.4. The average molecular weight is 307 g/mol. The van der Waals surface area contributed by atoms with Crippen LogP contribution in [-0.4, -0.2) is 35.7 Å². The number of nitrogens with zero attached hydrogens (tertiary/aromatic N) is 2. The second-order valence-electron chi connectivity index (χ2n) is 3.77. The molecule has 116 valence electrons. The van der Waals surface area contributed by atoms with Gasteiger partial charge in [0.2, 0.25) is 11.8 Å². The van der Waals surface area contributed by atoms with Crippen molar-refractivity contribution in [3.05, 3.63) is 11.7 Å². The fourth-order valence-electron chi connectivity index (χ4n) is 1.30. The first kappa shape index (κ1) is 16.7. The highest BCUT2D eigenvalue weighted by Crippen LogP contribution is 2.45. The summed E-state index contributed by atoms with van der Waals surface area (Å²) in [4.78, 5) is 3.07. The molecule has 0 bridgehead atoms. The SMILES string of the molecule is CCOCC(N)c1noc(C(C(F)(F)F)C(F)(F)F)n1. The molecule has 1 aromatic rings. The van der Waals surface area contributed by atoms with Gasteiger partial charge in [-0.3, -0.25) is 0 Å². The number of ether oxygens (including phenoxy) is 1. The van der Waals surface area contributed by atoms with E-state index in [1.54, 1.807) is 6.92 Å². The van der Waals surface area contributed by atoms with E-state index in [1.807, 2.05) is 0 Å². The van der Waals surface area contributed by atoms with E-state index >= 15 is 0 Å². The van der Waals surface area contributed by atoms with Gasteiger partial charge >= 0.3 is 12.4 Å². The molecule has 0 saturated heterocycles. The summed E-state index contributed by atoms with van der Waals surface area (Å²) in [5, 5.41) is 3.03. The maximum atomic E-state index is 12.4. The smallest absolute Gasteiger partial charge is 0.380 e. The largest absolute Gasteiger partial charge is 0.409 e. The van der Waals surface area contributed by atoms with E-state index in [0.29, 0.717) is 0 Å². The molecule has 0 aromatic carbocycles. The van der Waals surface area contributed by atoms with Crippen LogP contribution in [0, 0.1) is 0 Å². The van der Waals surface area contributed by atoms with Gasteiger partial charge in [-0.2, -0.15) is 31.3 Å². The van der Waals surface area contributed by atoms with E-state index in [-0.39, 0.29) is 13.2 Å². The van der Waals surface area contributed by atoms with Gasteiger partial charge in [-0.15, -0.1) is 0 Å². The van der Waals surface area contributed by atoms with Crippen molar-refractivity contribution in [2.75, 3.05) is 13.2 Å². The number of hydrogen-bond donors (Lipinski definition) is 1. The molecule has 11 heteroatoms. The van der Waals surface area contributed by atoms with E-state index in [4.69, 9.17) is 10.5 Å². The fourth-order valence-corrected chi connectivity index (χ4v) is 1.30. The third-order valence-electron chi connectivity index (χ3n) is 2.19.